The van der Waals surface area contributed by atoms with Gasteiger partial charge in [0.25, 0.3) is 5.91 Å². The zero-order valence-corrected chi connectivity index (χ0v) is 14.1. The summed E-state index contributed by atoms with van der Waals surface area (Å²) in [7, 11) is -1.63. The lowest BCUT2D eigenvalue weighted by Crippen LogP contribution is -2.48. The predicted molar refractivity (Wildman–Crippen MR) is 95.3 cm³/mol. The predicted octanol–water partition coefficient (Wildman–Crippen LogP) is 0.452. The van der Waals surface area contributed by atoms with Gasteiger partial charge in [-0.05, 0) is 37.0 Å². The first-order chi connectivity index (χ1) is 12.0. The third kappa shape index (κ3) is 5.54. The smallest absolute Gasteiger partial charge is 0.426 e. The summed E-state index contributed by atoms with van der Waals surface area (Å²) in [5.41, 5.74) is 1.91. The summed E-state index contributed by atoms with van der Waals surface area (Å²) in [6.07, 6.45) is 8.14. The van der Waals surface area contributed by atoms with Crippen molar-refractivity contribution < 1.29 is 19.6 Å². The molecule has 0 saturated heterocycles. The molecule has 2 amide bonds. The molecule has 25 heavy (non-hydrogen) atoms. The summed E-state index contributed by atoms with van der Waals surface area (Å²) in [6, 6.07) is 4.41. The van der Waals surface area contributed by atoms with E-state index in [0.717, 1.165) is 18.4 Å². The molecule has 0 spiro atoms. The molecular weight excluding hydrogens is 321 g/mol. The van der Waals surface area contributed by atoms with Crippen LogP contribution >= 0.6 is 0 Å². The van der Waals surface area contributed by atoms with Crippen molar-refractivity contribution >= 4 is 24.5 Å². The van der Waals surface area contributed by atoms with Crippen LogP contribution in [0.1, 0.15) is 42.4 Å². The number of carbonyl (C=O) groups excluding carboxylic acids is 2. The van der Waals surface area contributed by atoms with Crippen molar-refractivity contribution in [3.8, 4) is 0 Å². The first-order valence-corrected chi connectivity index (χ1v) is 8.30. The van der Waals surface area contributed by atoms with Crippen LogP contribution in [0.4, 0.5) is 0 Å². The molecule has 0 aromatic carbocycles. The molecule has 0 fully saturated rings. The molecule has 0 aliphatic heterocycles. The number of pyridine rings is 1. The molecule has 1 unspecified atom stereocenters. The number of carbonyl (C=O) groups is 2. The Kier molecular flexibility index (Phi) is 6.91. The number of hydrogen-bond donors (Lipinski definition) is 4. The highest BCUT2D eigenvalue weighted by atomic mass is 16.4. The summed E-state index contributed by atoms with van der Waals surface area (Å²) in [4.78, 5) is 28.7. The Bertz CT molecular complexity index is 688. The minimum Gasteiger partial charge on any atom is -0.426 e. The SMILES string of the molecule is CCC(NC(=O)c1cccc(C2=CCCC=C2)n1)C(=O)NCB(O)O. The summed E-state index contributed by atoms with van der Waals surface area (Å²) in [6.45, 7) is 1.75. The zero-order valence-electron chi connectivity index (χ0n) is 14.1. The maximum absolute atomic E-state index is 12.4. The fraction of sp³-hybridized carbons (Fsp3) is 0.353. The average molecular weight is 343 g/mol. The van der Waals surface area contributed by atoms with Gasteiger partial charge in [-0.15, -0.1) is 0 Å². The van der Waals surface area contributed by atoms with Crippen LogP contribution in [0.2, 0.25) is 0 Å². The Balaban J connectivity index is 2.05. The van der Waals surface area contributed by atoms with Crippen LogP contribution in [0, 0.1) is 0 Å². The quantitative estimate of drug-likeness (QED) is 0.537. The van der Waals surface area contributed by atoms with Crippen LogP contribution in [0.5, 0.6) is 0 Å². The van der Waals surface area contributed by atoms with Gasteiger partial charge in [0, 0.05) is 0 Å². The van der Waals surface area contributed by atoms with E-state index in [9.17, 15) is 9.59 Å². The van der Waals surface area contributed by atoms with Crippen LogP contribution in [-0.2, 0) is 4.79 Å². The van der Waals surface area contributed by atoms with Crippen molar-refractivity contribution in [1.82, 2.24) is 15.6 Å². The lowest BCUT2D eigenvalue weighted by Gasteiger charge is -2.16. The number of nitrogens with zero attached hydrogens (tertiary/aromatic N) is 1. The van der Waals surface area contributed by atoms with E-state index >= 15 is 0 Å². The number of nitrogens with one attached hydrogen (secondary N) is 2. The molecular formula is C17H22BN3O4. The van der Waals surface area contributed by atoms with E-state index in [2.05, 4.69) is 27.8 Å². The van der Waals surface area contributed by atoms with Gasteiger partial charge in [0.1, 0.15) is 11.7 Å². The highest BCUT2D eigenvalue weighted by molar-refractivity contribution is 6.41. The molecule has 7 nitrogen and oxygen atoms in total. The number of rotatable bonds is 7. The maximum atomic E-state index is 12.4. The molecule has 0 saturated carbocycles. The van der Waals surface area contributed by atoms with Crippen LogP contribution < -0.4 is 10.6 Å². The monoisotopic (exact) mass is 343 g/mol. The van der Waals surface area contributed by atoms with E-state index in [0.29, 0.717) is 12.1 Å². The van der Waals surface area contributed by atoms with E-state index < -0.39 is 25.0 Å². The minimum atomic E-state index is -1.63. The highest BCUT2D eigenvalue weighted by Gasteiger charge is 2.21. The average Bonchev–Trinajstić information content (AvgIpc) is 2.64. The number of amides is 2. The van der Waals surface area contributed by atoms with Gasteiger partial charge in [-0.25, -0.2) is 4.98 Å². The second-order valence-corrected chi connectivity index (χ2v) is 5.71. The lowest BCUT2D eigenvalue weighted by atomic mass is 9.92. The topological polar surface area (TPSA) is 112 Å². The Morgan fingerprint density at radius 1 is 1.32 bits per heavy atom. The maximum Gasteiger partial charge on any atom is 0.472 e. The van der Waals surface area contributed by atoms with Gasteiger partial charge in [0.15, 0.2) is 0 Å². The second kappa shape index (κ2) is 9.15. The largest absolute Gasteiger partial charge is 0.472 e. The lowest BCUT2D eigenvalue weighted by molar-refractivity contribution is -0.122. The van der Waals surface area contributed by atoms with Crippen LogP contribution in [0.15, 0.2) is 36.4 Å². The summed E-state index contributed by atoms with van der Waals surface area (Å²) < 4.78 is 0. The van der Waals surface area contributed by atoms with Gasteiger partial charge in [0.2, 0.25) is 5.91 Å². The van der Waals surface area contributed by atoms with E-state index in [1.54, 1.807) is 19.1 Å². The fourth-order valence-corrected chi connectivity index (χ4v) is 2.43. The summed E-state index contributed by atoms with van der Waals surface area (Å²) >= 11 is 0. The Labute approximate surface area is 147 Å². The Morgan fingerprint density at radius 3 is 2.76 bits per heavy atom. The minimum absolute atomic E-state index is 0.228. The normalized spacial score (nSPS) is 14.4. The van der Waals surface area contributed by atoms with Crippen LogP contribution in [0.25, 0.3) is 5.57 Å². The highest BCUT2D eigenvalue weighted by Crippen LogP contribution is 2.19. The Hall–Kier alpha value is -2.45. The van der Waals surface area contributed by atoms with Gasteiger partial charge >= 0.3 is 7.12 Å². The second-order valence-electron chi connectivity index (χ2n) is 5.71. The van der Waals surface area contributed by atoms with Gasteiger partial charge < -0.3 is 20.7 Å². The molecule has 0 radical (unpaired) electrons. The first-order valence-electron chi connectivity index (χ1n) is 8.30. The van der Waals surface area contributed by atoms with E-state index in [1.165, 1.54) is 0 Å². The molecule has 1 aliphatic carbocycles. The van der Waals surface area contributed by atoms with E-state index in [4.69, 9.17) is 10.0 Å². The number of hydrogen-bond acceptors (Lipinski definition) is 5. The molecule has 2 rings (SSSR count). The summed E-state index contributed by atoms with van der Waals surface area (Å²) in [5.74, 6) is -0.924. The standard InChI is InChI=1S/C17H22BN3O4/c1-2-13(16(22)19-11-18(24)25)21-17(23)15-10-6-9-14(20-15)12-7-4-3-5-8-12/h4,6-10,13,24-25H,2-3,5,11H2,1H3,(H,19,22)(H,21,23). The molecule has 132 valence electrons. The van der Waals surface area contributed by atoms with Crippen LogP contribution in [-0.4, -0.2) is 46.5 Å². The summed E-state index contributed by atoms with van der Waals surface area (Å²) in [5, 5.41) is 22.6. The third-order valence-electron chi connectivity index (χ3n) is 3.76. The third-order valence-corrected chi connectivity index (χ3v) is 3.76. The van der Waals surface area contributed by atoms with Crippen molar-refractivity contribution in [2.45, 2.75) is 32.2 Å². The molecule has 1 aliphatic rings. The van der Waals surface area contributed by atoms with E-state index in [1.807, 2.05) is 12.1 Å². The van der Waals surface area contributed by atoms with Crippen molar-refractivity contribution in [3.05, 3.63) is 47.8 Å². The molecule has 1 heterocycles. The molecule has 1 atom stereocenters. The molecule has 1 aromatic heterocycles. The van der Waals surface area contributed by atoms with Gasteiger partial charge in [-0.2, -0.15) is 0 Å². The Morgan fingerprint density at radius 2 is 2.12 bits per heavy atom. The van der Waals surface area contributed by atoms with Crippen LogP contribution in [0.3, 0.4) is 0 Å². The van der Waals surface area contributed by atoms with Gasteiger partial charge in [-0.1, -0.05) is 31.2 Å². The molecule has 8 heteroatoms. The van der Waals surface area contributed by atoms with Crippen molar-refractivity contribution in [2.75, 3.05) is 6.44 Å². The molecule has 0 bridgehead atoms. The first kappa shape index (κ1) is 18.9. The van der Waals surface area contributed by atoms with Crippen molar-refractivity contribution in [1.29, 1.82) is 0 Å². The number of aromatic nitrogens is 1. The van der Waals surface area contributed by atoms with Crippen molar-refractivity contribution in [3.63, 3.8) is 0 Å². The zero-order chi connectivity index (χ0) is 18.2. The fourth-order valence-electron chi connectivity index (χ4n) is 2.43. The van der Waals surface area contributed by atoms with Crippen molar-refractivity contribution in [2.24, 2.45) is 0 Å². The molecule has 4 N–H and O–H groups in total. The van der Waals surface area contributed by atoms with Gasteiger partial charge in [-0.3, -0.25) is 9.59 Å². The van der Waals surface area contributed by atoms with E-state index in [-0.39, 0.29) is 12.1 Å². The number of allylic oxidation sites excluding steroid dienone is 4. The molecule has 1 aromatic rings. The van der Waals surface area contributed by atoms with Gasteiger partial charge in [0.05, 0.1) is 12.1 Å².